The third kappa shape index (κ3) is 2.42. The fourth-order valence-corrected chi connectivity index (χ4v) is 2.09. The van der Waals surface area contributed by atoms with Gasteiger partial charge in [0, 0.05) is 31.7 Å². The zero-order valence-corrected chi connectivity index (χ0v) is 9.47. The number of anilines is 1. The Labute approximate surface area is 88.5 Å². The molecule has 0 aliphatic heterocycles. The highest BCUT2D eigenvalue weighted by Crippen LogP contribution is 2.30. The number of rotatable bonds is 5. The molecule has 4 nitrogen and oxygen atoms in total. The summed E-state index contributed by atoms with van der Waals surface area (Å²) >= 11 is 1.43. The predicted molar refractivity (Wildman–Crippen MR) is 58.5 cm³/mol. The summed E-state index contributed by atoms with van der Waals surface area (Å²) in [5.41, 5.74) is 1.07. The SMILES string of the molecule is CNc1snnc1CN(C)CC1CC1. The van der Waals surface area contributed by atoms with Crippen LogP contribution in [0.15, 0.2) is 0 Å². The molecular formula is C9H16N4S. The minimum atomic E-state index is 0.906. The van der Waals surface area contributed by atoms with Gasteiger partial charge in [0.2, 0.25) is 0 Å². The average Bonchev–Trinajstić information content (AvgIpc) is 2.84. The number of hydrogen-bond donors (Lipinski definition) is 1. The van der Waals surface area contributed by atoms with E-state index in [0.29, 0.717) is 0 Å². The summed E-state index contributed by atoms with van der Waals surface area (Å²) in [6.45, 7) is 2.10. The van der Waals surface area contributed by atoms with Crippen LogP contribution in [0.2, 0.25) is 0 Å². The van der Waals surface area contributed by atoms with Gasteiger partial charge in [0.05, 0.1) is 0 Å². The fourth-order valence-electron chi connectivity index (χ4n) is 1.56. The molecule has 0 unspecified atom stereocenters. The molecule has 1 aromatic heterocycles. The Morgan fingerprint density at radius 3 is 3.00 bits per heavy atom. The highest BCUT2D eigenvalue weighted by atomic mass is 32.1. The minimum absolute atomic E-state index is 0.906. The van der Waals surface area contributed by atoms with Crippen LogP contribution in [0, 0.1) is 5.92 Å². The number of hydrogen-bond acceptors (Lipinski definition) is 5. The Morgan fingerprint density at radius 1 is 1.57 bits per heavy atom. The lowest BCUT2D eigenvalue weighted by atomic mass is 10.3. The molecule has 0 spiro atoms. The third-order valence-electron chi connectivity index (χ3n) is 2.47. The van der Waals surface area contributed by atoms with E-state index in [1.54, 1.807) is 0 Å². The molecular weight excluding hydrogens is 196 g/mol. The molecule has 0 saturated heterocycles. The van der Waals surface area contributed by atoms with Gasteiger partial charge in [-0.25, -0.2) is 0 Å². The predicted octanol–water partition coefficient (Wildman–Crippen LogP) is 1.42. The van der Waals surface area contributed by atoms with Gasteiger partial charge in [0.25, 0.3) is 0 Å². The maximum absolute atomic E-state index is 4.12. The molecule has 0 aromatic carbocycles. The largest absolute Gasteiger partial charge is 0.377 e. The Kier molecular flexibility index (Phi) is 2.98. The summed E-state index contributed by atoms with van der Waals surface area (Å²) in [7, 11) is 4.07. The lowest BCUT2D eigenvalue weighted by Crippen LogP contribution is -2.21. The van der Waals surface area contributed by atoms with Crippen molar-refractivity contribution in [3.63, 3.8) is 0 Å². The van der Waals surface area contributed by atoms with Crippen LogP contribution < -0.4 is 5.32 Å². The van der Waals surface area contributed by atoms with Crippen molar-refractivity contribution < 1.29 is 0 Å². The van der Waals surface area contributed by atoms with Gasteiger partial charge in [0.15, 0.2) is 0 Å². The molecule has 1 heterocycles. The van der Waals surface area contributed by atoms with E-state index in [1.165, 1.54) is 30.9 Å². The summed E-state index contributed by atoms with van der Waals surface area (Å²) in [6, 6.07) is 0. The second-order valence-electron chi connectivity index (χ2n) is 3.94. The molecule has 1 aromatic rings. The van der Waals surface area contributed by atoms with Gasteiger partial charge < -0.3 is 10.2 Å². The van der Waals surface area contributed by atoms with E-state index in [2.05, 4.69) is 26.9 Å². The van der Waals surface area contributed by atoms with Gasteiger partial charge in [-0.05, 0) is 25.8 Å². The highest BCUT2D eigenvalue weighted by Gasteiger charge is 2.23. The maximum atomic E-state index is 4.12. The first-order valence-electron chi connectivity index (χ1n) is 4.97. The summed E-state index contributed by atoms with van der Waals surface area (Å²) in [6.07, 6.45) is 2.80. The minimum Gasteiger partial charge on any atom is -0.377 e. The monoisotopic (exact) mass is 212 g/mol. The van der Waals surface area contributed by atoms with E-state index in [4.69, 9.17) is 0 Å². The summed E-state index contributed by atoms with van der Waals surface area (Å²) in [5.74, 6) is 0.935. The topological polar surface area (TPSA) is 41.1 Å². The van der Waals surface area contributed by atoms with E-state index in [9.17, 15) is 0 Å². The van der Waals surface area contributed by atoms with E-state index in [-0.39, 0.29) is 0 Å². The van der Waals surface area contributed by atoms with Crippen molar-refractivity contribution in [2.75, 3.05) is 26.0 Å². The standard InChI is InChI=1S/C9H16N4S/c1-10-9-8(11-12-14-9)6-13(2)5-7-3-4-7/h7,10H,3-6H2,1-2H3. The van der Waals surface area contributed by atoms with Gasteiger partial charge in [-0.2, -0.15) is 0 Å². The average molecular weight is 212 g/mol. The van der Waals surface area contributed by atoms with Crippen LogP contribution in [-0.4, -0.2) is 35.1 Å². The van der Waals surface area contributed by atoms with Gasteiger partial charge in [-0.15, -0.1) is 5.10 Å². The van der Waals surface area contributed by atoms with E-state index < -0.39 is 0 Å². The van der Waals surface area contributed by atoms with Crippen LogP contribution in [0.25, 0.3) is 0 Å². The molecule has 1 aliphatic carbocycles. The van der Waals surface area contributed by atoms with Crippen LogP contribution in [0.5, 0.6) is 0 Å². The Hall–Kier alpha value is -0.680. The molecule has 1 aliphatic rings. The normalized spacial score (nSPS) is 16.2. The van der Waals surface area contributed by atoms with Crippen LogP contribution in [0.1, 0.15) is 18.5 Å². The molecule has 0 amide bonds. The number of nitrogens with one attached hydrogen (secondary N) is 1. The summed E-state index contributed by atoms with van der Waals surface area (Å²) < 4.78 is 3.94. The first-order chi connectivity index (χ1) is 6.79. The van der Waals surface area contributed by atoms with Gasteiger partial charge in [0.1, 0.15) is 10.7 Å². The Bertz CT molecular complexity index is 295. The molecule has 0 bridgehead atoms. The maximum Gasteiger partial charge on any atom is 0.134 e. The molecule has 0 radical (unpaired) electrons. The first kappa shape index (κ1) is 9.86. The molecule has 5 heteroatoms. The molecule has 14 heavy (non-hydrogen) atoms. The van der Waals surface area contributed by atoms with Gasteiger partial charge >= 0.3 is 0 Å². The van der Waals surface area contributed by atoms with E-state index >= 15 is 0 Å². The van der Waals surface area contributed by atoms with Gasteiger partial charge in [-0.1, -0.05) is 4.49 Å². The summed E-state index contributed by atoms with van der Waals surface area (Å²) in [5, 5.41) is 8.33. The van der Waals surface area contributed by atoms with Crippen molar-refractivity contribution in [1.29, 1.82) is 0 Å². The second-order valence-corrected chi connectivity index (χ2v) is 4.69. The van der Waals surface area contributed by atoms with Crippen molar-refractivity contribution in [1.82, 2.24) is 14.5 Å². The molecule has 78 valence electrons. The Balaban J connectivity index is 1.88. The highest BCUT2D eigenvalue weighted by molar-refractivity contribution is 7.10. The third-order valence-corrected chi connectivity index (χ3v) is 3.25. The molecule has 1 saturated carbocycles. The van der Waals surface area contributed by atoms with Crippen LogP contribution >= 0.6 is 11.5 Å². The fraction of sp³-hybridized carbons (Fsp3) is 0.778. The lowest BCUT2D eigenvalue weighted by Gasteiger charge is -2.14. The van der Waals surface area contributed by atoms with Crippen molar-refractivity contribution in [3.8, 4) is 0 Å². The van der Waals surface area contributed by atoms with E-state index in [0.717, 1.165) is 23.2 Å². The molecule has 1 fully saturated rings. The van der Waals surface area contributed by atoms with Crippen molar-refractivity contribution in [2.24, 2.45) is 5.92 Å². The second kappa shape index (κ2) is 4.23. The van der Waals surface area contributed by atoms with Crippen molar-refractivity contribution >= 4 is 16.5 Å². The van der Waals surface area contributed by atoms with Crippen LogP contribution in [-0.2, 0) is 6.54 Å². The van der Waals surface area contributed by atoms with Gasteiger partial charge in [-0.3, -0.25) is 0 Å². The lowest BCUT2D eigenvalue weighted by molar-refractivity contribution is 0.310. The van der Waals surface area contributed by atoms with Crippen LogP contribution in [0.4, 0.5) is 5.00 Å². The molecule has 2 rings (SSSR count). The van der Waals surface area contributed by atoms with Crippen LogP contribution in [0.3, 0.4) is 0 Å². The zero-order chi connectivity index (χ0) is 9.97. The van der Waals surface area contributed by atoms with E-state index in [1.807, 2.05) is 7.05 Å². The first-order valence-corrected chi connectivity index (χ1v) is 5.74. The smallest absolute Gasteiger partial charge is 0.134 e. The summed E-state index contributed by atoms with van der Waals surface area (Å²) in [4.78, 5) is 2.33. The Morgan fingerprint density at radius 2 is 2.36 bits per heavy atom. The van der Waals surface area contributed by atoms with Crippen molar-refractivity contribution in [3.05, 3.63) is 5.69 Å². The number of nitrogens with zero attached hydrogens (tertiary/aromatic N) is 3. The molecule has 1 N–H and O–H groups in total. The van der Waals surface area contributed by atoms with Crippen molar-refractivity contribution in [2.45, 2.75) is 19.4 Å². The zero-order valence-electron chi connectivity index (χ0n) is 8.66. The number of aromatic nitrogens is 2. The quantitative estimate of drug-likeness (QED) is 0.801. The molecule has 0 atom stereocenters.